The van der Waals surface area contributed by atoms with Gasteiger partial charge in [-0.1, -0.05) is 12.1 Å². The van der Waals surface area contributed by atoms with Crippen LogP contribution in [0.15, 0.2) is 59.9 Å². The molecule has 1 unspecified atom stereocenters. The van der Waals surface area contributed by atoms with E-state index in [-0.39, 0.29) is 17.0 Å². The first-order valence-corrected chi connectivity index (χ1v) is 9.86. The summed E-state index contributed by atoms with van der Waals surface area (Å²) in [5.41, 5.74) is -1.92. The summed E-state index contributed by atoms with van der Waals surface area (Å²) in [6.07, 6.45) is 5.72. The van der Waals surface area contributed by atoms with Gasteiger partial charge >= 0.3 is 0 Å². The number of aromatic nitrogens is 4. The first kappa shape index (κ1) is 20.8. The molecule has 158 valence electrons. The first-order chi connectivity index (χ1) is 14.9. The van der Waals surface area contributed by atoms with Crippen molar-refractivity contribution in [3.8, 4) is 0 Å². The SMILES string of the molecule is O=C1S/C(=C\c2ccccn2)C(=O)N1CC(O)(Cn1nccn1)c1ccc(F)cc1F. The standard InChI is InChI=1S/C20H15F2N5O3S/c21-13-4-5-15(16(22)9-13)20(30,12-27-24-7-8-25-27)11-26-18(28)17(31-19(26)29)10-14-3-1-2-6-23-14/h1-10,30H,11-12H2/b17-10-. The zero-order chi connectivity index (χ0) is 22.0. The zero-order valence-corrected chi connectivity index (χ0v) is 16.7. The number of thioether (sulfide) groups is 1. The summed E-state index contributed by atoms with van der Waals surface area (Å²) in [5.74, 6) is -2.51. The second kappa shape index (κ2) is 8.36. The molecule has 3 aromatic rings. The van der Waals surface area contributed by atoms with Gasteiger partial charge in [0.05, 0.1) is 36.1 Å². The maximum atomic E-state index is 14.5. The molecule has 2 aromatic heterocycles. The molecular formula is C20H15F2N5O3S. The largest absolute Gasteiger partial charge is 0.381 e. The number of hydrogen-bond donors (Lipinski definition) is 1. The van der Waals surface area contributed by atoms with E-state index in [0.29, 0.717) is 23.5 Å². The van der Waals surface area contributed by atoms with Crippen molar-refractivity contribution in [2.24, 2.45) is 0 Å². The fraction of sp³-hybridized carbons (Fsp3) is 0.150. The summed E-state index contributed by atoms with van der Waals surface area (Å²) in [4.78, 5) is 31.5. The maximum Gasteiger partial charge on any atom is 0.293 e. The molecule has 2 amide bonds. The number of halogens is 2. The summed E-state index contributed by atoms with van der Waals surface area (Å²) < 4.78 is 28.0. The van der Waals surface area contributed by atoms with E-state index >= 15 is 0 Å². The summed E-state index contributed by atoms with van der Waals surface area (Å²) in [6.45, 7) is -0.953. The van der Waals surface area contributed by atoms with E-state index in [9.17, 15) is 23.5 Å². The fourth-order valence-electron chi connectivity index (χ4n) is 3.14. The smallest absolute Gasteiger partial charge is 0.293 e. The molecule has 0 spiro atoms. The molecule has 31 heavy (non-hydrogen) atoms. The minimum Gasteiger partial charge on any atom is -0.381 e. The van der Waals surface area contributed by atoms with Gasteiger partial charge < -0.3 is 5.11 Å². The van der Waals surface area contributed by atoms with Gasteiger partial charge in [0, 0.05) is 17.8 Å². The third-order valence-electron chi connectivity index (χ3n) is 4.56. The van der Waals surface area contributed by atoms with Crippen LogP contribution in [-0.4, -0.2) is 47.7 Å². The minimum atomic E-state index is -2.11. The summed E-state index contributed by atoms with van der Waals surface area (Å²) in [7, 11) is 0. The van der Waals surface area contributed by atoms with Crippen LogP contribution in [0.1, 0.15) is 11.3 Å². The van der Waals surface area contributed by atoms with E-state index in [1.54, 1.807) is 24.4 Å². The van der Waals surface area contributed by atoms with Crippen LogP contribution in [0, 0.1) is 11.6 Å². The zero-order valence-electron chi connectivity index (χ0n) is 15.9. The molecule has 0 radical (unpaired) electrons. The highest BCUT2D eigenvalue weighted by Gasteiger charge is 2.43. The molecule has 0 bridgehead atoms. The van der Waals surface area contributed by atoms with Crippen molar-refractivity contribution in [2.75, 3.05) is 6.54 Å². The Hall–Kier alpha value is -3.44. The van der Waals surface area contributed by atoms with Crippen LogP contribution < -0.4 is 0 Å². The summed E-state index contributed by atoms with van der Waals surface area (Å²) >= 11 is 0.683. The number of pyridine rings is 1. The number of imide groups is 1. The predicted molar refractivity (Wildman–Crippen MR) is 107 cm³/mol. The van der Waals surface area contributed by atoms with Gasteiger partial charge in [0.2, 0.25) is 0 Å². The average molecular weight is 443 g/mol. The van der Waals surface area contributed by atoms with Crippen LogP contribution in [0.2, 0.25) is 0 Å². The molecule has 1 aliphatic rings. The number of amides is 2. The van der Waals surface area contributed by atoms with Crippen LogP contribution in [0.25, 0.3) is 6.08 Å². The molecule has 1 atom stereocenters. The number of carbonyl (C=O) groups is 2. The van der Waals surface area contributed by atoms with Gasteiger partial charge in [-0.15, -0.1) is 0 Å². The van der Waals surface area contributed by atoms with Crippen molar-refractivity contribution < 1.29 is 23.5 Å². The Balaban J connectivity index is 1.67. The van der Waals surface area contributed by atoms with Gasteiger partial charge in [-0.05, 0) is 36.0 Å². The van der Waals surface area contributed by atoms with E-state index in [4.69, 9.17) is 0 Å². The predicted octanol–water partition coefficient (Wildman–Crippen LogP) is 2.58. The Morgan fingerprint density at radius 3 is 2.52 bits per heavy atom. The number of hydrogen-bond acceptors (Lipinski definition) is 7. The molecule has 1 fully saturated rings. The van der Waals surface area contributed by atoms with Crippen LogP contribution >= 0.6 is 11.8 Å². The summed E-state index contributed by atoms with van der Waals surface area (Å²) in [6, 6.07) is 7.78. The van der Waals surface area contributed by atoms with Crippen molar-refractivity contribution >= 4 is 29.0 Å². The molecule has 4 rings (SSSR count). The Labute approximate surface area is 179 Å². The minimum absolute atomic E-state index is 0.114. The highest BCUT2D eigenvalue weighted by molar-refractivity contribution is 8.18. The molecule has 0 aliphatic carbocycles. The molecule has 8 nitrogen and oxygen atoms in total. The van der Waals surface area contributed by atoms with Crippen LogP contribution in [0.3, 0.4) is 0 Å². The topological polar surface area (TPSA) is 101 Å². The maximum absolute atomic E-state index is 14.5. The highest BCUT2D eigenvalue weighted by Crippen LogP contribution is 2.36. The van der Waals surface area contributed by atoms with Gasteiger partial charge in [-0.3, -0.25) is 19.5 Å². The van der Waals surface area contributed by atoms with Crippen molar-refractivity contribution in [1.82, 2.24) is 24.9 Å². The number of benzene rings is 1. The number of aliphatic hydroxyl groups is 1. The lowest BCUT2D eigenvalue weighted by Crippen LogP contribution is -2.46. The lowest BCUT2D eigenvalue weighted by Gasteiger charge is -2.31. The molecule has 3 heterocycles. The number of carbonyl (C=O) groups excluding carboxylic acids is 2. The van der Waals surface area contributed by atoms with Crippen molar-refractivity contribution in [2.45, 2.75) is 12.1 Å². The Morgan fingerprint density at radius 2 is 1.84 bits per heavy atom. The monoisotopic (exact) mass is 443 g/mol. The van der Waals surface area contributed by atoms with E-state index in [1.807, 2.05) is 0 Å². The highest BCUT2D eigenvalue weighted by atomic mass is 32.2. The van der Waals surface area contributed by atoms with Crippen molar-refractivity contribution in [1.29, 1.82) is 0 Å². The third-order valence-corrected chi connectivity index (χ3v) is 5.47. The number of rotatable bonds is 6. The molecule has 1 aromatic carbocycles. The van der Waals surface area contributed by atoms with E-state index in [1.165, 1.54) is 18.5 Å². The normalized spacial score (nSPS) is 17.4. The fourth-order valence-corrected chi connectivity index (χ4v) is 3.96. The van der Waals surface area contributed by atoms with Gasteiger partial charge in [0.15, 0.2) is 0 Å². The van der Waals surface area contributed by atoms with Gasteiger partial charge in [0.1, 0.15) is 17.2 Å². The molecule has 11 heteroatoms. The number of β-amino-alcohol motifs (C(OH)–C–C–N with tert-alkyl or cyclic N) is 1. The first-order valence-electron chi connectivity index (χ1n) is 9.04. The molecule has 1 N–H and O–H groups in total. The Bertz CT molecular complexity index is 1160. The molecular weight excluding hydrogens is 428 g/mol. The molecule has 0 saturated carbocycles. The Morgan fingerprint density at radius 1 is 1.06 bits per heavy atom. The van der Waals surface area contributed by atoms with E-state index in [2.05, 4.69) is 15.2 Å². The molecule has 1 saturated heterocycles. The van der Waals surface area contributed by atoms with Crippen LogP contribution in [0.4, 0.5) is 13.6 Å². The second-order valence-corrected chi connectivity index (χ2v) is 7.73. The van der Waals surface area contributed by atoms with Gasteiger partial charge in [0.25, 0.3) is 11.1 Å². The van der Waals surface area contributed by atoms with Crippen molar-refractivity contribution in [3.05, 3.63) is 82.8 Å². The van der Waals surface area contributed by atoms with Crippen LogP contribution in [0.5, 0.6) is 0 Å². The third kappa shape index (κ3) is 4.37. The second-order valence-electron chi connectivity index (χ2n) is 6.74. The Kier molecular flexibility index (Phi) is 5.61. The lowest BCUT2D eigenvalue weighted by molar-refractivity contribution is -0.126. The number of nitrogens with zero attached hydrogens (tertiary/aromatic N) is 5. The van der Waals surface area contributed by atoms with E-state index in [0.717, 1.165) is 21.8 Å². The average Bonchev–Trinajstić information content (AvgIpc) is 3.32. The summed E-state index contributed by atoms with van der Waals surface area (Å²) in [5, 5.41) is 18.5. The van der Waals surface area contributed by atoms with Gasteiger partial charge in [-0.25, -0.2) is 8.78 Å². The van der Waals surface area contributed by atoms with Crippen molar-refractivity contribution in [3.63, 3.8) is 0 Å². The quantitative estimate of drug-likeness (QED) is 0.585. The van der Waals surface area contributed by atoms with E-state index < -0.39 is 34.9 Å². The molecule has 1 aliphatic heterocycles. The lowest BCUT2D eigenvalue weighted by atomic mass is 9.92. The van der Waals surface area contributed by atoms with Crippen LogP contribution in [-0.2, 0) is 16.9 Å². The van der Waals surface area contributed by atoms with Gasteiger partial charge in [-0.2, -0.15) is 15.0 Å².